The fourth-order valence-electron chi connectivity index (χ4n) is 3.60. The number of amides is 3. The number of nitrogens with one attached hydrogen (secondary N) is 1. The van der Waals surface area contributed by atoms with E-state index >= 15 is 0 Å². The molecule has 34 heavy (non-hydrogen) atoms. The third-order valence-electron chi connectivity index (χ3n) is 5.28. The van der Waals surface area contributed by atoms with Crippen LogP contribution in [0.15, 0.2) is 66.4 Å². The van der Waals surface area contributed by atoms with E-state index in [4.69, 9.17) is 21.1 Å². The third kappa shape index (κ3) is 5.37. The molecular weight excluding hydrogens is 567 g/mol. The largest absolute Gasteiger partial charge is 0.493 e. The van der Waals surface area contributed by atoms with Crippen molar-refractivity contribution in [1.29, 1.82) is 0 Å². The summed E-state index contributed by atoms with van der Waals surface area (Å²) in [6.07, 6.45) is 1.64. The number of benzene rings is 3. The Morgan fingerprint density at radius 1 is 1.09 bits per heavy atom. The van der Waals surface area contributed by atoms with Gasteiger partial charge >= 0.3 is 6.03 Å². The van der Waals surface area contributed by atoms with Crippen LogP contribution in [0.5, 0.6) is 11.5 Å². The molecule has 4 rings (SSSR count). The van der Waals surface area contributed by atoms with E-state index in [9.17, 15) is 9.59 Å². The van der Waals surface area contributed by atoms with Crippen LogP contribution in [0.3, 0.4) is 0 Å². The second-order valence-corrected chi connectivity index (χ2v) is 9.35. The van der Waals surface area contributed by atoms with Crippen LogP contribution in [-0.2, 0) is 17.9 Å². The van der Waals surface area contributed by atoms with Crippen molar-refractivity contribution >= 4 is 52.2 Å². The predicted molar refractivity (Wildman–Crippen MR) is 140 cm³/mol. The number of halogens is 2. The Bertz CT molecular complexity index is 1290. The third-order valence-corrected chi connectivity index (χ3v) is 6.45. The highest BCUT2D eigenvalue weighted by Crippen LogP contribution is 2.36. The molecule has 0 unspecified atom stereocenters. The number of methoxy groups -OCH3 is 1. The molecule has 0 radical (unpaired) electrons. The number of nitrogens with zero attached hydrogens (tertiary/aromatic N) is 1. The van der Waals surface area contributed by atoms with Crippen LogP contribution in [0.4, 0.5) is 4.79 Å². The first-order chi connectivity index (χ1) is 16.4. The zero-order valence-corrected chi connectivity index (χ0v) is 21.5. The summed E-state index contributed by atoms with van der Waals surface area (Å²) in [7, 11) is 1.55. The number of rotatable bonds is 7. The Morgan fingerprint density at radius 3 is 2.62 bits per heavy atom. The predicted octanol–water partition coefficient (Wildman–Crippen LogP) is 5.93. The number of urea groups is 1. The van der Waals surface area contributed by atoms with Gasteiger partial charge in [0.1, 0.15) is 12.3 Å². The Labute approximate surface area is 216 Å². The highest BCUT2D eigenvalue weighted by atomic mass is 127. The van der Waals surface area contributed by atoms with Crippen molar-refractivity contribution in [2.45, 2.75) is 20.1 Å². The van der Waals surface area contributed by atoms with Crippen LogP contribution in [0, 0.1) is 10.5 Å². The molecule has 0 aliphatic carbocycles. The Kier molecular flexibility index (Phi) is 7.43. The minimum atomic E-state index is -0.445. The molecule has 8 heteroatoms. The number of hydrogen-bond donors (Lipinski definition) is 1. The number of carbonyl (C=O) groups excluding carboxylic acids is 2. The molecular formula is C26H22ClIN2O4. The van der Waals surface area contributed by atoms with Gasteiger partial charge in [0.15, 0.2) is 11.5 Å². The van der Waals surface area contributed by atoms with Crippen LogP contribution in [0.25, 0.3) is 6.08 Å². The lowest BCUT2D eigenvalue weighted by Crippen LogP contribution is -2.30. The average molecular weight is 589 g/mol. The Hall–Kier alpha value is -3.04. The Morgan fingerprint density at radius 2 is 1.88 bits per heavy atom. The summed E-state index contributed by atoms with van der Waals surface area (Å²) < 4.78 is 12.3. The van der Waals surface area contributed by atoms with Gasteiger partial charge in [0.05, 0.1) is 17.2 Å². The van der Waals surface area contributed by atoms with E-state index in [-0.39, 0.29) is 24.8 Å². The average Bonchev–Trinajstić information content (AvgIpc) is 3.06. The van der Waals surface area contributed by atoms with Crippen molar-refractivity contribution < 1.29 is 19.1 Å². The first kappa shape index (κ1) is 24.1. The summed E-state index contributed by atoms with van der Waals surface area (Å²) in [5, 5.41) is 3.30. The zero-order valence-electron chi connectivity index (χ0n) is 18.6. The van der Waals surface area contributed by atoms with Gasteiger partial charge in [-0.15, -0.1) is 0 Å². The molecule has 3 amide bonds. The number of aryl methyl sites for hydroxylation is 1. The monoisotopic (exact) mass is 588 g/mol. The maximum atomic E-state index is 12.9. The molecule has 3 aromatic rings. The molecule has 0 spiro atoms. The molecule has 3 aromatic carbocycles. The summed E-state index contributed by atoms with van der Waals surface area (Å²) in [5.74, 6) is 0.715. The van der Waals surface area contributed by atoms with Crippen molar-refractivity contribution in [3.05, 3.63) is 97.2 Å². The van der Waals surface area contributed by atoms with E-state index in [1.807, 2.05) is 61.5 Å². The summed E-state index contributed by atoms with van der Waals surface area (Å²) in [4.78, 5) is 26.6. The van der Waals surface area contributed by atoms with E-state index < -0.39 is 6.03 Å². The normalized spacial score (nSPS) is 14.5. The van der Waals surface area contributed by atoms with E-state index in [2.05, 4.69) is 27.9 Å². The molecule has 1 saturated heterocycles. The standard InChI is InChI=1S/C26H22ClIN2O4/c1-16-6-5-7-17(10-16)14-30-25(31)22(29-26(30)32)12-18-11-21(28)24(23(13-18)33-2)34-15-19-8-3-4-9-20(19)27/h3-13H,14-15H2,1-2H3,(H,29,32)/b22-12+. The first-order valence-electron chi connectivity index (χ1n) is 10.5. The molecule has 174 valence electrons. The van der Waals surface area contributed by atoms with Gasteiger partial charge in [0, 0.05) is 10.6 Å². The fourth-order valence-corrected chi connectivity index (χ4v) is 4.57. The summed E-state index contributed by atoms with van der Waals surface area (Å²) >= 11 is 8.38. The lowest BCUT2D eigenvalue weighted by atomic mass is 10.1. The van der Waals surface area contributed by atoms with Crippen molar-refractivity contribution in [3.8, 4) is 11.5 Å². The molecule has 0 atom stereocenters. The smallest absolute Gasteiger partial charge is 0.329 e. The van der Waals surface area contributed by atoms with Crippen molar-refractivity contribution in [2.75, 3.05) is 7.11 Å². The fraction of sp³-hybridized carbons (Fsp3) is 0.154. The molecule has 1 aliphatic rings. The van der Waals surface area contributed by atoms with Gasteiger partial charge in [0.25, 0.3) is 5.91 Å². The summed E-state index contributed by atoms with van der Waals surface area (Å²) in [5.41, 5.74) is 3.73. The van der Waals surface area contributed by atoms with Gasteiger partial charge in [-0.2, -0.15) is 0 Å². The van der Waals surface area contributed by atoms with Crippen LogP contribution >= 0.6 is 34.2 Å². The van der Waals surface area contributed by atoms with Gasteiger partial charge in [-0.25, -0.2) is 4.79 Å². The number of ether oxygens (including phenoxy) is 2. The zero-order chi connectivity index (χ0) is 24.2. The topological polar surface area (TPSA) is 67.9 Å². The second-order valence-electron chi connectivity index (χ2n) is 7.78. The van der Waals surface area contributed by atoms with E-state index in [0.717, 1.165) is 20.3 Å². The molecule has 0 aromatic heterocycles. The van der Waals surface area contributed by atoms with Crippen LogP contribution in [-0.4, -0.2) is 23.9 Å². The van der Waals surface area contributed by atoms with Crippen molar-refractivity contribution in [1.82, 2.24) is 10.2 Å². The van der Waals surface area contributed by atoms with Crippen molar-refractivity contribution in [2.24, 2.45) is 0 Å². The first-order valence-corrected chi connectivity index (χ1v) is 11.9. The van der Waals surface area contributed by atoms with E-state index in [1.165, 1.54) is 4.90 Å². The maximum absolute atomic E-state index is 12.9. The number of carbonyl (C=O) groups is 2. The quantitative estimate of drug-likeness (QED) is 0.211. The molecule has 1 aliphatic heterocycles. The van der Waals surface area contributed by atoms with Gasteiger partial charge in [-0.3, -0.25) is 9.69 Å². The SMILES string of the molecule is COc1cc(/C=C2/NC(=O)N(Cc3cccc(C)c3)C2=O)cc(I)c1OCc1ccccc1Cl. The van der Waals surface area contributed by atoms with Crippen LogP contribution < -0.4 is 14.8 Å². The lowest BCUT2D eigenvalue weighted by molar-refractivity contribution is -0.123. The van der Waals surface area contributed by atoms with Gasteiger partial charge in [-0.1, -0.05) is 59.6 Å². The number of hydrogen-bond acceptors (Lipinski definition) is 4. The van der Waals surface area contributed by atoms with Gasteiger partial charge in [0.2, 0.25) is 0 Å². The van der Waals surface area contributed by atoms with Crippen LogP contribution in [0.2, 0.25) is 5.02 Å². The molecule has 6 nitrogen and oxygen atoms in total. The molecule has 1 fully saturated rings. The molecule has 1 heterocycles. The molecule has 1 N–H and O–H groups in total. The summed E-state index contributed by atoms with van der Waals surface area (Å²) in [6, 6.07) is 18.4. The molecule has 0 bridgehead atoms. The van der Waals surface area contributed by atoms with Gasteiger partial charge < -0.3 is 14.8 Å². The van der Waals surface area contributed by atoms with Gasteiger partial charge in [-0.05, 0) is 64.9 Å². The minimum absolute atomic E-state index is 0.208. The molecule has 0 saturated carbocycles. The van der Waals surface area contributed by atoms with Crippen molar-refractivity contribution in [3.63, 3.8) is 0 Å². The number of imide groups is 1. The summed E-state index contributed by atoms with van der Waals surface area (Å²) in [6.45, 7) is 2.46. The van der Waals surface area contributed by atoms with Crippen LogP contribution in [0.1, 0.15) is 22.3 Å². The highest BCUT2D eigenvalue weighted by molar-refractivity contribution is 14.1. The second kappa shape index (κ2) is 10.5. The highest BCUT2D eigenvalue weighted by Gasteiger charge is 2.33. The Balaban J connectivity index is 1.54. The minimum Gasteiger partial charge on any atom is -0.493 e. The van der Waals surface area contributed by atoms with E-state index in [1.54, 1.807) is 19.3 Å². The maximum Gasteiger partial charge on any atom is 0.329 e. The lowest BCUT2D eigenvalue weighted by Gasteiger charge is -2.14. The van der Waals surface area contributed by atoms with E-state index in [0.29, 0.717) is 22.1 Å².